The van der Waals surface area contributed by atoms with Gasteiger partial charge >= 0.3 is 18.4 Å². The molecule has 0 radical (unpaired) electrons. The van der Waals surface area contributed by atoms with Gasteiger partial charge in [-0.05, 0) is 57.7 Å². The largest absolute Gasteiger partial charge is 0.450 e. The van der Waals surface area contributed by atoms with Crippen LogP contribution in [0.1, 0.15) is 40.2 Å². The summed E-state index contributed by atoms with van der Waals surface area (Å²) < 4.78 is 67.8. The van der Waals surface area contributed by atoms with Gasteiger partial charge in [-0.1, -0.05) is 13.0 Å². The first-order valence-corrected chi connectivity index (χ1v) is 13.2. The van der Waals surface area contributed by atoms with Crippen molar-refractivity contribution in [3.63, 3.8) is 0 Å². The maximum Gasteiger partial charge on any atom is 0.419 e. The van der Waals surface area contributed by atoms with E-state index in [2.05, 4.69) is 15.3 Å². The zero-order chi connectivity index (χ0) is 29.4. The van der Waals surface area contributed by atoms with Crippen LogP contribution in [0.4, 0.5) is 32.8 Å². The zero-order valence-corrected chi connectivity index (χ0v) is 23.1. The molecule has 1 amide bonds. The number of carbonyl (C=O) groups is 2. The van der Waals surface area contributed by atoms with E-state index in [0.717, 1.165) is 4.57 Å². The number of amides is 1. The van der Waals surface area contributed by atoms with Crippen molar-refractivity contribution in [2.75, 3.05) is 17.7 Å². The van der Waals surface area contributed by atoms with E-state index in [-0.39, 0.29) is 12.3 Å². The number of nitrogens with zero attached hydrogens (tertiary/aromatic N) is 3. The Morgan fingerprint density at radius 1 is 1.10 bits per heavy atom. The molecule has 0 spiro atoms. The SMILES string of the molecule is CCOC(=O)Nc1ccc2cc(SCC)c(-c3c(F)c4ncc(C(F)(F)F)cc4n3C(=O)OC(C)(C)C)nc2c1. The number of pyridine rings is 2. The van der Waals surface area contributed by atoms with Crippen molar-refractivity contribution < 1.29 is 36.6 Å². The predicted octanol–water partition coefficient (Wildman–Crippen LogP) is 7.87. The Hall–Kier alpha value is -3.87. The van der Waals surface area contributed by atoms with Crippen molar-refractivity contribution >= 4 is 51.6 Å². The maximum atomic E-state index is 16.1. The van der Waals surface area contributed by atoms with Gasteiger partial charge < -0.3 is 9.47 Å². The van der Waals surface area contributed by atoms with E-state index in [1.807, 2.05) is 6.92 Å². The minimum Gasteiger partial charge on any atom is -0.450 e. The van der Waals surface area contributed by atoms with E-state index in [0.29, 0.717) is 39.5 Å². The van der Waals surface area contributed by atoms with E-state index in [4.69, 9.17) is 9.47 Å². The first kappa shape index (κ1) is 29.1. The van der Waals surface area contributed by atoms with Gasteiger partial charge in [-0.25, -0.2) is 23.5 Å². The lowest BCUT2D eigenvalue weighted by Gasteiger charge is -2.21. The number of anilines is 1. The van der Waals surface area contributed by atoms with Crippen LogP contribution in [0.3, 0.4) is 0 Å². The van der Waals surface area contributed by atoms with Gasteiger partial charge in [0.2, 0.25) is 0 Å². The van der Waals surface area contributed by atoms with Crippen LogP contribution in [0, 0.1) is 5.82 Å². The molecule has 8 nitrogen and oxygen atoms in total. The molecule has 0 unspecified atom stereocenters. The van der Waals surface area contributed by atoms with Crippen molar-refractivity contribution in [1.29, 1.82) is 0 Å². The number of aromatic nitrogens is 3. The number of nitrogens with one attached hydrogen (secondary N) is 1. The second-order valence-corrected chi connectivity index (χ2v) is 10.9. The summed E-state index contributed by atoms with van der Waals surface area (Å²) in [7, 11) is 0. The monoisotopic (exact) mass is 578 g/mol. The summed E-state index contributed by atoms with van der Waals surface area (Å²) in [5.74, 6) is -0.479. The highest BCUT2D eigenvalue weighted by atomic mass is 32.2. The van der Waals surface area contributed by atoms with Gasteiger partial charge in [0.25, 0.3) is 0 Å². The molecule has 40 heavy (non-hydrogen) atoms. The molecule has 3 aromatic heterocycles. The number of ether oxygens (including phenoxy) is 2. The smallest absolute Gasteiger partial charge is 0.419 e. The summed E-state index contributed by atoms with van der Waals surface area (Å²) in [4.78, 5) is 34.1. The van der Waals surface area contributed by atoms with Crippen molar-refractivity contribution in [3.05, 3.63) is 47.9 Å². The lowest BCUT2D eigenvalue weighted by atomic mass is 10.1. The van der Waals surface area contributed by atoms with Gasteiger partial charge in [0.05, 0.1) is 23.2 Å². The molecule has 3 heterocycles. The highest BCUT2D eigenvalue weighted by molar-refractivity contribution is 7.99. The van der Waals surface area contributed by atoms with Gasteiger partial charge in [-0.3, -0.25) is 10.3 Å². The molecular weight excluding hydrogens is 552 g/mol. The zero-order valence-electron chi connectivity index (χ0n) is 22.3. The number of halogens is 4. The number of rotatable bonds is 5. The van der Waals surface area contributed by atoms with Gasteiger partial charge in [-0.15, -0.1) is 11.8 Å². The van der Waals surface area contributed by atoms with Crippen molar-refractivity contribution in [2.45, 2.75) is 51.3 Å². The maximum absolute atomic E-state index is 16.1. The highest BCUT2D eigenvalue weighted by Crippen LogP contribution is 2.40. The van der Waals surface area contributed by atoms with Crippen molar-refractivity contribution in [3.8, 4) is 11.4 Å². The number of fused-ring (bicyclic) bond motifs is 2. The molecule has 0 fully saturated rings. The molecule has 0 saturated carbocycles. The molecule has 4 rings (SSSR count). The Morgan fingerprint density at radius 3 is 2.45 bits per heavy atom. The standard InChI is InChI=1S/C27H26F4N4O4S/c1-6-38-24(36)33-16-9-8-14-10-19(40-7-2)22(34-17(14)12-16)23-20(28)21-18(11-15(13-32-21)27(29,30)31)35(23)25(37)39-26(3,4)5/h8-13H,6-7H2,1-5H3,(H,33,36). The summed E-state index contributed by atoms with van der Waals surface area (Å²) in [6.07, 6.45) is -6.04. The fraction of sp³-hybridized carbons (Fsp3) is 0.333. The summed E-state index contributed by atoms with van der Waals surface area (Å²) in [5, 5.41) is 3.21. The van der Waals surface area contributed by atoms with Crippen LogP contribution >= 0.6 is 11.8 Å². The van der Waals surface area contributed by atoms with Crippen molar-refractivity contribution in [1.82, 2.24) is 14.5 Å². The quantitative estimate of drug-likeness (QED) is 0.190. The third kappa shape index (κ3) is 5.98. The molecule has 1 aromatic carbocycles. The molecular formula is C27H26F4N4O4S. The summed E-state index contributed by atoms with van der Waals surface area (Å²) >= 11 is 1.31. The van der Waals surface area contributed by atoms with Crippen molar-refractivity contribution in [2.24, 2.45) is 0 Å². The molecule has 0 atom stereocenters. The van der Waals surface area contributed by atoms with Gasteiger partial charge in [0.15, 0.2) is 5.82 Å². The molecule has 13 heteroatoms. The minimum atomic E-state index is -4.78. The van der Waals surface area contributed by atoms with Crippen LogP contribution in [0.5, 0.6) is 0 Å². The second kappa shape index (κ2) is 11.0. The number of alkyl halides is 3. The van der Waals surface area contributed by atoms with E-state index in [9.17, 15) is 22.8 Å². The Kier molecular flexibility index (Phi) is 7.97. The van der Waals surface area contributed by atoms with Gasteiger partial charge in [-0.2, -0.15) is 13.2 Å². The average molecular weight is 579 g/mol. The highest BCUT2D eigenvalue weighted by Gasteiger charge is 2.35. The average Bonchev–Trinajstić information content (AvgIpc) is 3.14. The van der Waals surface area contributed by atoms with Crippen LogP contribution < -0.4 is 5.32 Å². The molecule has 4 aromatic rings. The molecule has 1 N–H and O–H groups in total. The van der Waals surface area contributed by atoms with E-state index < -0.39 is 52.1 Å². The van der Waals surface area contributed by atoms with E-state index >= 15 is 4.39 Å². The van der Waals surface area contributed by atoms with Crippen LogP contribution in [0.25, 0.3) is 33.3 Å². The lowest BCUT2D eigenvalue weighted by molar-refractivity contribution is -0.137. The Balaban J connectivity index is 2.02. The Morgan fingerprint density at radius 2 is 1.82 bits per heavy atom. The molecule has 212 valence electrons. The van der Waals surface area contributed by atoms with Gasteiger partial charge in [0.1, 0.15) is 22.5 Å². The predicted molar refractivity (Wildman–Crippen MR) is 144 cm³/mol. The number of thioether (sulfide) groups is 1. The van der Waals surface area contributed by atoms with E-state index in [1.54, 1.807) is 45.9 Å². The van der Waals surface area contributed by atoms with Crippen LogP contribution in [0.2, 0.25) is 0 Å². The third-order valence-corrected chi connectivity index (χ3v) is 6.39. The van der Waals surface area contributed by atoms with E-state index in [1.165, 1.54) is 17.8 Å². The van der Waals surface area contributed by atoms with Gasteiger partial charge in [0, 0.05) is 22.2 Å². The number of hydrogen-bond donors (Lipinski definition) is 1. The fourth-order valence-electron chi connectivity index (χ4n) is 3.93. The number of benzene rings is 1. The molecule has 0 bridgehead atoms. The molecule has 0 aliphatic rings. The second-order valence-electron chi connectivity index (χ2n) is 9.59. The third-order valence-electron chi connectivity index (χ3n) is 5.48. The fourth-order valence-corrected chi connectivity index (χ4v) is 4.73. The van der Waals surface area contributed by atoms with Crippen LogP contribution in [-0.2, 0) is 15.7 Å². The summed E-state index contributed by atoms with van der Waals surface area (Å²) in [6.45, 7) is 8.43. The molecule has 0 aliphatic heterocycles. The summed E-state index contributed by atoms with van der Waals surface area (Å²) in [5.41, 5.74) is -2.76. The molecule has 0 aliphatic carbocycles. The van der Waals surface area contributed by atoms with Crippen LogP contribution in [-0.4, -0.2) is 44.7 Å². The minimum absolute atomic E-state index is 0.00236. The molecule has 0 saturated heterocycles. The summed E-state index contributed by atoms with van der Waals surface area (Å²) in [6, 6.07) is 7.26. The number of hydrogen-bond acceptors (Lipinski definition) is 7. The number of carbonyl (C=O) groups excluding carboxylic acids is 2. The normalized spacial score (nSPS) is 12.1. The first-order chi connectivity index (χ1) is 18.7. The van der Waals surface area contributed by atoms with Crippen LogP contribution in [0.15, 0.2) is 41.4 Å². The topological polar surface area (TPSA) is 95.3 Å². The Bertz CT molecular complexity index is 1610. The first-order valence-electron chi connectivity index (χ1n) is 12.3. The Labute approximate surface area is 231 Å². The lowest BCUT2D eigenvalue weighted by Crippen LogP contribution is -2.27.